The molecule has 1 N–H and O–H groups in total. The highest BCUT2D eigenvalue weighted by atomic mass is 15.3. The van der Waals surface area contributed by atoms with Crippen LogP contribution in [0.3, 0.4) is 0 Å². The molecule has 4 nitrogen and oxygen atoms in total. The van der Waals surface area contributed by atoms with Crippen molar-refractivity contribution in [1.29, 1.82) is 0 Å². The minimum absolute atomic E-state index is 0.525. The Morgan fingerprint density at radius 1 is 1.11 bits per heavy atom. The standard InChI is InChI=1S/C24H28N4/c1-18-7-5-11-21(15-18)28-24-22(12-13-25-24)23(26-28)20-10-6-14-27(17-20)16-19-8-3-2-4-9-19/h2-5,7-9,11,15,20,25H,6,10,12-14,16-17H2,1H3. The molecule has 0 bridgehead atoms. The minimum atomic E-state index is 0.525. The van der Waals surface area contributed by atoms with Gasteiger partial charge in [0.15, 0.2) is 0 Å². The first-order valence-electron chi connectivity index (χ1n) is 10.5. The van der Waals surface area contributed by atoms with E-state index >= 15 is 0 Å². The van der Waals surface area contributed by atoms with Gasteiger partial charge in [0.1, 0.15) is 5.82 Å². The summed E-state index contributed by atoms with van der Waals surface area (Å²) in [5.41, 5.74) is 6.59. The SMILES string of the molecule is Cc1cccc(-n2nc(C3CCCN(Cc4ccccc4)C3)c3c2NCC3)c1. The Kier molecular flexibility index (Phi) is 4.65. The lowest BCUT2D eigenvalue weighted by molar-refractivity contribution is 0.198. The van der Waals surface area contributed by atoms with Gasteiger partial charge in [-0.1, -0.05) is 42.5 Å². The zero-order valence-corrected chi connectivity index (χ0v) is 16.6. The molecule has 0 spiro atoms. The van der Waals surface area contributed by atoms with E-state index in [2.05, 4.69) is 76.4 Å². The molecule has 144 valence electrons. The van der Waals surface area contributed by atoms with Crippen molar-refractivity contribution in [3.05, 3.63) is 77.0 Å². The summed E-state index contributed by atoms with van der Waals surface area (Å²) in [7, 11) is 0. The number of piperidine rings is 1. The largest absolute Gasteiger partial charge is 0.369 e. The average Bonchev–Trinajstić information content (AvgIpc) is 3.32. The molecule has 4 heteroatoms. The zero-order valence-electron chi connectivity index (χ0n) is 16.6. The highest BCUT2D eigenvalue weighted by Gasteiger charge is 2.30. The van der Waals surface area contributed by atoms with Crippen LogP contribution in [-0.4, -0.2) is 34.3 Å². The third-order valence-electron chi connectivity index (χ3n) is 6.07. The maximum atomic E-state index is 5.14. The zero-order chi connectivity index (χ0) is 18.9. The number of fused-ring (bicyclic) bond motifs is 1. The van der Waals surface area contributed by atoms with Crippen LogP contribution in [0.15, 0.2) is 54.6 Å². The molecule has 0 radical (unpaired) electrons. The van der Waals surface area contributed by atoms with Crippen LogP contribution >= 0.6 is 0 Å². The Labute approximate surface area is 167 Å². The van der Waals surface area contributed by atoms with E-state index in [4.69, 9.17) is 5.10 Å². The molecule has 5 rings (SSSR count). The van der Waals surface area contributed by atoms with Gasteiger partial charge >= 0.3 is 0 Å². The average molecular weight is 373 g/mol. The van der Waals surface area contributed by atoms with E-state index in [1.54, 1.807) is 0 Å². The summed E-state index contributed by atoms with van der Waals surface area (Å²) in [6, 6.07) is 19.5. The first-order chi connectivity index (χ1) is 13.8. The van der Waals surface area contributed by atoms with E-state index in [1.165, 1.54) is 47.6 Å². The lowest BCUT2D eigenvalue weighted by Gasteiger charge is -2.32. The quantitative estimate of drug-likeness (QED) is 0.730. The molecule has 3 aromatic rings. The summed E-state index contributed by atoms with van der Waals surface area (Å²) >= 11 is 0. The fourth-order valence-corrected chi connectivity index (χ4v) is 4.74. The number of aryl methyl sites for hydroxylation is 1. The number of hydrogen-bond acceptors (Lipinski definition) is 3. The number of nitrogens with zero attached hydrogens (tertiary/aromatic N) is 3. The number of aromatic nitrogens is 2. The van der Waals surface area contributed by atoms with Crippen molar-refractivity contribution in [2.75, 3.05) is 25.0 Å². The highest BCUT2D eigenvalue weighted by Crippen LogP contribution is 2.36. The Balaban J connectivity index is 1.42. The van der Waals surface area contributed by atoms with Crippen LogP contribution in [0.5, 0.6) is 0 Å². The second kappa shape index (κ2) is 7.44. The molecule has 1 atom stereocenters. The summed E-state index contributed by atoms with van der Waals surface area (Å²) in [5, 5.41) is 8.72. The van der Waals surface area contributed by atoms with Crippen LogP contribution in [0.25, 0.3) is 5.69 Å². The predicted octanol–water partition coefficient (Wildman–Crippen LogP) is 4.53. The third-order valence-corrected chi connectivity index (χ3v) is 6.07. The van der Waals surface area contributed by atoms with E-state index in [-0.39, 0.29) is 0 Å². The Bertz CT molecular complexity index is 960. The summed E-state index contributed by atoms with van der Waals surface area (Å²) in [6.07, 6.45) is 3.57. The van der Waals surface area contributed by atoms with Gasteiger partial charge in [0.05, 0.1) is 11.4 Å². The van der Waals surface area contributed by atoms with E-state index < -0.39 is 0 Å². The molecular formula is C24H28N4. The van der Waals surface area contributed by atoms with Gasteiger partial charge < -0.3 is 5.32 Å². The van der Waals surface area contributed by atoms with Crippen LogP contribution in [0.1, 0.15) is 41.1 Å². The van der Waals surface area contributed by atoms with Crippen molar-refractivity contribution in [3.8, 4) is 5.69 Å². The van der Waals surface area contributed by atoms with Gasteiger partial charge in [-0.15, -0.1) is 0 Å². The fraction of sp³-hybridized carbons (Fsp3) is 0.375. The van der Waals surface area contributed by atoms with Gasteiger partial charge in [-0.05, 0) is 56.0 Å². The first-order valence-corrected chi connectivity index (χ1v) is 10.5. The normalized spacial score (nSPS) is 19.4. The van der Waals surface area contributed by atoms with E-state index in [0.717, 1.165) is 31.7 Å². The molecule has 0 amide bonds. The molecule has 0 saturated carbocycles. The van der Waals surface area contributed by atoms with Gasteiger partial charge in [0.25, 0.3) is 0 Å². The van der Waals surface area contributed by atoms with Crippen molar-refractivity contribution in [1.82, 2.24) is 14.7 Å². The van der Waals surface area contributed by atoms with Crippen LogP contribution < -0.4 is 5.32 Å². The Morgan fingerprint density at radius 3 is 2.86 bits per heavy atom. The smallest absolute Gasteiger partial charge is 0.133 e. The second-order valence-corrected chi connectivity index (χ2v) is 8.20. The van der Waals surface area contributed by atoms with Crippen LogP contribution in [0.2, 0.25) is 0 Å². The van der Waals surface area contributed by atoms with Gasteiger partial charge in [-0.25, -0.2) is 4.68 Å². The first kappa shape index (κ1) is 17.5. The van der Waals surface area contributed by atoms with Gasteiger partial charge in [0, 0.05) is 31.1 Å². The molecule has 3 heterocycles. The third kappa shape index (κ3) is 3.33. The molecule has 2 aromatic carbocycles. The number of likely N-dealkylation sites (tertiary alicyclic amines) is 1. The molecule has 2 aliphatic heterocycles. The fourth-order valence-electron chi connectivity index (χ4n) is 4.74. The maximum Gasteiger partial charge on any atom is 0.133 e. The number of rotatable bonds is 4. The monoisotopic (exact) mass is 372 g/mol. The molecular weight excluding hydrogens is 344 g/mol. The second-order valence-electron chi connectivity index (χ2n) is 8.20. The van der Waals surface area contributed by atoms with Crippen LogP contribution in [0, 0.1) is 6.92 Å². The van der Waals surface area contributed by atoms with Gasteiger partial charge in [0.2, 0.25) is 0 Å². The molecule has 0 aliphatic carbocycles. The van der Waals surface area contributed by atoms with E-state index in [1.807, 2.05) is 0 Å². The molecule has 28 heavy (non-hydrogen) atoms. The number of benzene rings is 2. The van der Waals surface area contributed by atoms with Crippen molar-refractivity contribution >= 4 is 5.82 Å². The molecule has 1 saturated heterocycles. The lowest BCUT2D eigenvalue weighted by Crippen LogP contribution is -2.34. The molecule has 2 aliphatic rings. The summed E-state index contributed by atoms with van der Waals surface area (Å²) in [4.78, 5) is 2.60. The highest BCUT2D eigenvalue weighted by molar-refractivity contribution is 5.58. The number of hydrogen-bond donors (Lipinski definition) is 1. The van der Waals surface area contributed by atoms with Crippen LogP contribution in [-0.2, 0) is 13.0 Å². The van der Waals surface area contributed by atoms with Gasteiger partial charge in [-0.2, -0.15) is 5.10 Å². The molecule has 1 fully saturated rings. The van der Waals surface area contributed by atoms with Crippen molar-refractivity contribution < 1.29 is 0 Å². The Hall–Kier alpha value is -2.59. The maximum absolute atomic E-state index is 5.14. The van der Waals surface area contributed by atoms with Crippen molar-refractivity contribution in [3.63, 3.8) is 0 Å². The van der Waals surface area contributed by atoms with E-state index in [0.29, 0.717) is 5.92 Å². The number of nitrogens with one attached hydrogen (secondary N) is 1. The summed E-state index contributed by atoms with van der Waals surface area (Å²) in [6.45, 7) is 6.49. The van der Waals surface area contributed by atoms with Crippen LogP contribution in [0.4, 0.5) is 5.82 Å². The predicted molar refractivity (Wildman–Crippen MR) is 114 cm³/mol. The number of anilines is 1. The summed E-state index contributed by atoms with van der Waals surface area (Å²) < 4.78 is 2.14. The van der Waals surface area contributed by atoms with Gasteiger partial charge in [-0.3, -0.25) is 4.90 Å². The Morgan fingerprint density at radius 2 is 2.00 bits per heavy atom. The topological polar surface area (TPSA) is 33.1 Å². The summed E-state index contributed by atoms with van der Waals surface area (Å²) in [5.74, 6) is 1.73. The van der Waals surface area contributed by atoms with E-state index in [9.17, 15) is 0 Å². The minimum Gasteiger partial charge on any atom is -0.369 e. The molecule has 1 aromatic heterocycles. The molecule has 1 unspecified atom stereocenters. The lowest BCUT2D eigenvalue weighted by atomic mass is 9.91. The van der Waals surface area contributed by atoms with Crippen molar-refractivity contribution in [2.45, 2.75) is 38.6 Å². The van der Waals surface area contributed by atoms with Crippen molar-refractivity contribution in [2.24, 2.45) is 0 Å².